The van der Waals surface area contributed by atoms with Gasteiger partial charge in [-0.15, -0.1) is 0 Å². The van der Waals surface area contributed by atoms with Gasteiger partial charge in [-0.2, -0.15) is 5.26 Å². The molecule has 6 nitrogen and oxygen atoms in total. The zero-order chi connectivity index (χ0) is 16.5. The number of esters is 1. The minimum absolute atomic E-state index is 0.0691. The molecule has 0 fully saturated rings. The van der Waals surface area contributed by atoms with Gasteiger partial charge in [-0.3, -0.25) is 4.79 Å². The van der Waals surface area contributed by atoms with E-state index in [4.69, 9.17) is 5.26 Å². The van der Waals surface area contributed by atoms with Crippen LogP contribution in [-0.2, 0) is 9.53 Å². The fourth-order valence-corrected chi connectivity index (χ4v) is 1.59. The lowest BCUT2D eigenvalue weighted by Gasteiger charge is -2.09. The van der Waals surface area contributed by atoms with Crippen LogP contribution in [0.5, 0.6) is 0 Å². The smallest absolute Gasteiger partial charge is 0.339 e. The molecule has 2 N–H and O–H groups in total. The summed E-state index contributed by atoms with van der Waals surface area (Å²) >= 11 is 0. The Hall–Kier alpha value is -2.81. The van der Waals surface area contributed by atoms with Crippen LogP contribution in [0.15, 0.2) is 36.0 Å². The Bertz CT molecular complexity index is 615. The molecule has 116 valence electrons. The molecule has 1 aromatic rings. The number of nitrogens with zero attached hydrogens (tertiary/aromatic N) is 1. The molecule has 6 heteroatoms. The first kappa shape index (κ1) is 17.2. The molecule has 0 heterocycles. The van der Waals surface area contributed by atoms with E-state index >= 15 is 0 Å². The van der Waals surface area contributed by atoms with Crippen molar-refractivity contribution < 1.29 is 14.3 Å². The number of amides is 1. The number of para-hydroxylation sites is 1. The summed E-state index contributed by atoms with van der Waals surface area (Å²) in [6.07, 6.45) is 1.28. The molecule has 0 spiro atoms. The average molecular weight is 301 g/mol. The number of carbonyl (C=O) groups excluding carboxylic acids is 2. The molecule has 0 radical (unpaired) electrons. The Kier molecular flexibility index (Phi) is 6.64. The van der Waals surface area contributed by atoms with Gasteiger partial charge in [0, 0.05) is 12.7 Å². The van der Waals surface area contributed by atoms with Gasteiger partial charge in [0.1, 0.15) is 11.6 Å². The molecular weight excluding hydrogens is 282 g/mol. The van der Waals surface area contributed by atoms with Gasteiger partial charge in [-0.1, -0.05) is 26.0 Å². The van der Waals surface area contributed by atoms with E-state index in [0.29, 0.717) is 17.8 Å². The molecule has 1 rings (SSSR count). The SMILES string of the molecule is COC(=O)c1ccccc1N/C=C(/C#N)C(=O)NCC(C)C. The van der Waals surface area contributed by atoms with Gasteiger partial charge >= 0.3 is 5.97 Å². The summed E-state index contributed by atoms with van der Waals surface area (Å²) in [6.45, 7) is 4.40. The minimum atomic E-state index is -0.501. The Morgan fingerprint density at radius 3 is 2.64 bits per heavy atom. The first-order valence-corrected chi connectivity index (χ1v) is 6.82. The Labute approximate surface area is 129 Å². The molecule has 0 atom stereocenters. The van der Waals surface area contributed by atoms with Crippen molar-refractivity contribution in [2.45, 2.75) is 13.8 Å². The number of methoxy groups -OCH3 is 1. The van der Waals surface area contributed by atoms with E-state index in [9.17, 15) is 9.59 Å². The number of hydrogen-bond acceptors (Lipinski definition) is 5. The summed E-state index contributed by atoms with van der Waals surface area (Å²) in [5.74, 6) is -0.671. The normalized spacial score (nSPS) is 10.8. The van der Waals surface area contributed by atoms with Crippen LogP contribution in [-0.4, -0.2) is 25.5 Å². The lowest BCUT2D eigenvalue weighted by molar-refractivity contribution is -0.117. The number of anilines is 1. The second-order valence-corrected chi connectivity index (χ2v) is 4.96. The Morgan fingerprint density at radius 1 is 1.36 bits per heavy atom. The second-order valence-electron chi connectivity index (χ2n) is 4.96. The van der Waals surface area contributed by atoms with Crippen LogP contribution in [0.1, 0.15) is 24.2 Å². The van der Waals surface area contributed by atoms with Crippen molar-refractivity contribution in [3.05, 3.63) is 41.6 Å². The van der Waals surface area contributed by atoms with E-state index in [0.717, 1.165) is 0 Å². The number of hydrogen-bond donors (Lipinski definition) is 2. The van der Waals surface area contributed by atoms with E-state index in [-0.39, 0.29) is 11.5 Å². The van der Waals surface area contributed by atoms with Crippen LogP contribution in [0.4, 0.5) is 5.69 Å². The molecule has 0 saturated heterocycles. The van der Waals surface area contributed by atoms with Crippen LogP contribution in [0, 0.1) is 17.2 Å². The van der Waals surface area contributed by atoms with Crippen molar-refractivity contribution in [3.63, 3.8) is 0 Å². The predicted octanol–water partition coefficient (Wildman–Crippen LogP) is 2.06. The molecule has 0 aromatic heterocycles. The van der Waals surface area contributed by atoms with E-state index < -0.39 is 11.9 Å². The molecule has 0 aliphatic heterocycles. The van der Waals surface area contributed by atoms with Crippen LogP contribution >= 0.6 is 0 Å². The molecule has 0 bridgehead atoms. The first-order chi connectivity index (χ1) is 10.5. The lowest BCUT2D eigenvalue weighted by atomic mass is 10.1. The Balaban J connectivity index is 2.88. The van der Waals surface area contributed by atoms with Crippen molar-refractivity contribution >= 4 is 17.6 Å². The molecule has 1 aromatic carbocycles. The molecule has 0 unspecified atom stereocenters. The highest BCUT2D eigenvalue weighted by Gasteiger charge is 2.12. The van der Waals surface area contributed by atoms with Gasteiger partial charge < -0.3 is 15.4 Å². The van der Waals surface area contributed by atoms with Crippen molar-refractivity contribution in [3.8, 4) is 6.07 Å². The maximum atomic E-state index is 11.8. The van der Waals surface area contributed by atoms with E-state index in [1.165, 1.54) is 13.3 Å². The summed E-state index contributed by atoms with van der Waals surface area (Å²) in [6, 6.07) is 8.50. The third kappa shape index (κ3) is 4.94. The van der Waals surface area contributed by atoms with E-state index in [1.807, 2.05) is 19.9 Å². The van der Waals surface area contributed by atoms with Crippen LogP contribution in [0.25, 0.3) is 0 Å². The molecular formula is C16H19N3O3. The molecule has 1 amide bonds. The molecule has 0 aliphatic carbocycles. The number of nitriles is 1. The first-order valence-electron chi connectivity index (χ1n) is 6.82. The van der Waals surface area contributed by atoms with Crippen LogP contribution < -0.4 is 10.6 Å². The van der Waals surface area contributed by atoms with Gasteiger partial charge in [0.05, 0.1) is 18.4 Å². The van der Waals surface area contributed by atoms with Gasteiger partial charge in [-0.25, -0.2) is 4.79 Å². The summed E-state index contributed by atoms with van der Waals surface area (Å²) in [5.41, 5.74) is 0.709. The maximum Gasteiger partial charge on any atom is 0.339 e. The fraction of sp³-hybridized carbons (Fsp3) is 0.312. The zero-order valence-electron chi connectivity index (χ0n) is 12.8. The van der Waals surface area contributed by atoms with Crippen LogP contribution in [0.2, 0.25) is 0 Å². The third-order valence-corrected chi connectivity index (χ3v) is 2.74. The largest absolute Gasteiger partial charge is 0.465 e. The number of benzene rings is 1. The zero-order valence-corrected chi connectivity index (χ0v) is 12.8. The summed E-state index contributed by atoms with van der Waals surface area (Å²) in [7, 11) is 1.29. The highest BCUT2D eigenvalue weighted by atomic mass is 16.5. The van der Waals surface area contributed by atoms with Gasteiger partial charge in [0.25, 0.3) is 5.91 Å². The third-order valence-electron chi connectivity index (χ3n) is 2.74. The van der Waals surface area contributed by atoms with Gasteiger partial charge in [-0.05, 0) is 18.1 Å². The highest BCUT2D eigenvalue weighted by molar-refractivity contribution is 5.98. The van der Waals surface area contributed by atoms with E-state index in [1.54, 1.807) is 24.3 Å². The number of rotatable bonds is 6. The lowest BCUT2D eigenvalue weighted by Crippen LogP contribution is -2.28. The van der Waals surface area contributed by atoms with Crippen molar-refractivity contribution in [2.75, 3.05) is 19.0 Å². The number of ether oxygens (including phenoxy) is 1. The Morgan fingerprint density at radius 2 is 2.05 bits per heavy atom. The van der Waals surface area contributed by atoms with Gasteiger partial charge in [0.2, 0.25) is 0 Å². The van der Waals surface area contributed by atoms with Crippen LogP contribution in [0.3, 0.4) is 0 Å². The number of nitrogens with one attached hydrogen (secondary N) is 2. The minimum Gasteiger partial charge on any atom is -0.465 e. The van der Waals surface area contributed by atoms with Gasteiger partial charge in [0.15, 0.2) is 0 Å². The summed E-state index contributed by atoms with van der Waals surface area (Å²) in [4.78, 5) is 23.5. The molecule has 22 heavy (non-hydrogen) atoms. The van der Waals surface area contributed by atoms with Crippen molar-refractivity contribution in [2.24, 2.45) is 5.92 Å². The van der Waals surface area contributed by atoms with Crippen molar-refractivity contribution in [1.29, 1.82) is 5.26 Å². The monoisotopic (exact) mass is 301 g/mol. The summed E-state index contributed by atoms with van der Waals surface area (Å²) < 4.78 is 4.68. The topological polar surface area (TPSA) is 91.2 Å². The fourth-order valence-electron chi connectivity index (χ4n) is 1.59. The summed E-state index contributed by atoms with van der Waals surface area (Å²) in [5, 5.41) is 14.5. The quantitative estimate of drug-likeness (QED) is 0.477. The predicted molar refractivity (Wildman–Crippen MR) is 82.9 cm³/mol. The standard InChI is InChI=1S/C16H19N3O3/c1-11(2)9-19-15(20)12(8-17)10-18-14-7-5-4-6-13(14)16(21)22-3/h4-7,10-11,18H,9H2,1-3H3,(H,19,20)/b12-10-. The molecule has 0 aliphatic rings. The number of carbonyl (C=O) groups is 2. The maximum absolute atomic E-state index is 11.8. The van der Waals surface area contributed by atoms with Crippen molar-refractivity contribution in [1.82, 2.24) is 5.32 Å². The second kappa shape index (κ2) is 8.47. The average Bonchev–Trinajstić information content (AvgIpc) is 2.53. The van der Waals surface area contributed by atoms with E-state index in [2.05, 4.69) is 15.4 Å². The molecule has 0 saturated carbocycles. The highest BCUT2D eigenvalue weighted by Crippen LogP contribution is 2.16.